The van der Waals surface area contributed by atoms with Crippen LogP contribution in [-0.2, 0) is 18.8 Å². The maximum absolute atomic E-state index is 15.1. The zero-order valence-electron chi connectivity index (χ0n) is 30.1. The number of amides is 2. The maximum Gasteiger partial charge on any atom is 0.257 e. The van der Waals surface area contributed by atoms with Gasteiger partial charge in [-0.15, -0.1) is 0 Å². The molecule has 51 heavy (non-hydrogen) atoms. The van der Waals surface area contributed by atoms with Crippen LogP contribution in [-0.4, -0.2) is 44.9 Å². The highest BCUT2D eigenvalue weighted by atomic mass is 28.4. The number of hydrogen-bond donors (Lipinski definition) is 1. The van der Waals surface area contributed by atoms with Gasteiger partial charge in [-0.3, -0.25) is 14.6 Å². The number of nitrogens with zero attached hydrogens (tertiary/aromatic N) is 2. The van der Waals surface area contributed by atoms with Gasteiger partial charge in [0.2, 0.25) is 5.91 Å². The van der Waals surface area contributed by atoms with E-state index in [0.29, 0.717) is 17.7 Å². The molecule has 1 fully saturated rings. The van der Waals surface area contributed by atoms with Crippen molar-refractivity contribution in [2.24, 2.45) is 10.9 Å². The largest absolute Gasteiger partial charge is 0.410 e. The fourth-order valence-electron chi connectivity index (χ4n) is 6.10. The molecular formula is C41H47F2N3O4Si. The number of carbonyl (C=O) groups is 2. The topological polar surface area (TPSA) is 80.2 Å². The predicted molar refractivity (Wildman–Crippen MR) is 200 cm³/mol. The number of imide groups is 1. The van der Waals surface area contributed by atoms with Gasteiger partial charge in [-0.2, -0.15) is 0 Å². The standard InChI is InChI=1S/C41H47F2N3O4Si/c1-41(2,3)51(5,6)50-36(29-15-17-32(42)18-16-29)24-23-35(39(48)46-37(47)27-49-40(46)30-12-8-7-9-13-30)38(45-34-21-19-33(43)20-22-34)31-14-10-11-28(25-31)26-44-4/h7-22,25-26,35-36,38,40,45H,23-24,27H2,1-6H3. The Balaban J connectivity index is 1.62. The first-order valence-electron chi connectivity index (χ1n) is 17.3. The van der Waals surface area contributed by atoms with Crippen molar-refractivity contribution in [3.8, 4) is 0 Å². The molecule has 0 aliphatic carbocycles. The number of anilines is 1. The Hall–Kier alpha value is -4.51. The van der Waals surface area contributed by atoms with Crippen molar-refractivity contribution in [2.75, 3.05) is 19.0 Å². The molecule has 5 rings (SSSR count). The molecule has 0 radical (unpaired) electrons. The molecule has 1 N–H and O–H groups in total. The van der Waals surface area contributed by atoms with E-state index in [-0.39, 0.29) is 29.7 Å². The van der Waals surface area contributed by atoms with Crippen molar-refractivity contribution in [3.63, 3.8) is 0 Å². The van der Waals surface area contributed by atoms with E-state index in [2.05, 4.69) is 44.2 Å². The van der Waals surface area contributed by atoms with Crippen molar-refractivity contribution >= 4 is 32.0 Å². The molecule has 4 atom stereocenters. The minimum Gasteiger partial charge on any atom is -0.410 e. The summed E-state index contributed by atoms with van der Waals surface area (Å²) < 4.78 is 41.1. The molecule has 1 heterocycles. The second-order valence-corrected chi connectivity index (χ2v) is 19.2. The van der Waals surface area contributed by atoms with Crippen LogP contribution in [0.5, 0.6) is 0 Å². The molecule has 4 unspecified atom stereocenters. The third-order valence-electron chi connectivity index (χ3n) is 9.85. The smallest absolute Gasteiger partial charge is 0.257 e. The van der Waals surface area contributed by atoms with Gasteiger partial charge in [0.05, 0.1) is 18.1 Å². The summed E-state index contributed by atoms with van der Waals surface area (Å²) in [5.74, 6) is -2.41. The zero-order chi connectivity index (χ0) is 36.8. The highest BCUT2D eigenvalue weighted by Crippen LogP contribution is 2.43. The second kappa shape index (κ2) is 16.2. The molecule has 0 saturated carbocycles. The van der Waals surface area contributed by atoms with Gasteiger partial charge in [-0.05, 0) is 90.1 Å². The van der Waals surface area contributed by atoms with Crippen LogP contribution in [0.2, 0.25) is 18.1 Å². The lowest BCUT2D eigenvalue weighted by Gasteiger charge is -2.40. The molecule has 4 aromatic rings. The summed E-state index contributed by atoms with van der Waals surface area (Å²) >= 11 is 0. The first-order valence-corrected chi connectivity index (χ1v) is 20.2. The van der Waals surface area contributed by atoms with E-state index in [4.69, 9.17) is 9.16 Å². The molecule has 268 valence electrons. The van der Waals surface area contributed by atoms with E-state index in [1.54, 1.807) is 37.5 Å². The van der Waals surface area contributed by atoms with Gasteiger partial charge < -0.3 is 14.5 Å². The summed E-state index contributed by atoms with van der Waals surface area (Å²) in [6.07, 6.45) is 1.06. The average Bonchev–Trinajstić information content (AvgIpc) is 3.49. The van der Waals surface area contributed by atoms with Crippen LogP contribution < -0.4 is 5.32 Å². The molecule has 4 aromatic carbocycles. The van der Waals surface area contributed by atoms with Crippen LogP contribution in [0, 0.1) is 17.6 Å². The zero-order valence-corrected chi connectivity index (χ0v) is 31.1. The van der Waals surface area contributed by atoms with Crippen LogP contribution in [0.1, 0.15) is 74.2 Å². The van der Waals surface area contributed by atoms with Crippen molar-refractivity contribution in [1.29, 1.82) is 0 Å². The van der Waals surface area contributed by atoms with E-state index in [9.17, 15) is 13.6 Å². The van der Waals surface area contributed by atoms with Crippen LogP contribution in [0.3, 0.4) is 0 Å². The third kappa shape index (κ3) is 9.24. The van der Waals surface area contributed by atoms with Crippen molar-refractivity contribution in [3.05, 3.63) is 137 Å². The molecule has 0 spiro atoms. The molecule has 10 heteroatoms. The highest BCUT2D eigenvalue weighted by molar-refractivity contribution is 6.74. The molecule has 0 bridgehead atoms. The predicted octanol–water partition coefficient (Wildman–Crippen LogP) is 9.41. The number of carbonyl (C=O) groups excluding carboxylic acids is 2. The maximum atomic E-state index is 15.1. The van der Waals surface area contributed by atoms with Gasteiger partial charge in [0.1, 0.15) is 18.2 Å². The number of ether oxygens (including phenoxy) is 1. The van der Waals surface area contributed by atoms with E-state index >= 15 is 4.79 Å². The normalized spacial score (nSPS) is 17.1. The Morgan fingerprint density at radius 2 is 1.59 bits per heavy atom. The lowest BCUT2D eigenvalue weighted by Crippen LogP contribution is -2.44. The van der Waals surface area contributed by atoms with Gasteiger partial charge in [-0.1, -0.05) is 81.4 Å². The van der Waals surface area contributed by atoms with Crippen molar-refractivity contribution in [1.82, 2.24) is 4.90 Å². The molecule has 1 aliphatic heterocycles. The van der Waals surface area contributed by atoms with E-state index in [1.165, 1.54) is 29.2 Å². The van der Waals surface area contributed by atoms with Crippen LogP contribution in [0.25, 0.3) is 0 Å². The van der Waals surface area contributed by atoms with Gasteiger partial charge in [-0.25, -0.2) is 13.7 Å². The fourth-order valence-corrected chi connectivity index (χ4v) is 7.41. The van der Waals surface area contributed by atoms with E-state index in [1.807, 2.05) is 54.6 Å². The average molecular weight is 712 g/mol. The minimum absolute atomic E-state index is 0.114. The van der Waals surface area contributed by atoms with Gasteiger partial charge in [0.25, 0.3) is 5.91 Å². The molecular weight excluding hydrogens is 665 g/mol. The summed E-state index contributed by atoms with van der Waals surface area (Å²) in [5.41, 5.74) is 3.71. The molecule has 1 saturated heterocycles. The summed E-state index contributed by atoms with van der Waals surface area (Å²) in [6, 6.07) is 28.5. The number of rotatable bonds is 13. The molecule has 0 aromatic heterocycles. The lowest BCUT2D eigenvalue weighted by atomic mass is 9.85. The number of aliphatic imine (C=N–C) groups is 1. The first-order chi connectivity index (χ1) is 24.3. The molecule has 1 aliphatic rings. The lowest BCUT2D eigenvalue weighted by molar-refractivity contribution is -0.149. The van der Waals surface area contributed by atoms with Crippen molar-refractivity contribution < 1.29 is 27.5 Å². The summed E-state index contributed by atoms with van der Waals surface area (Å²) in [4.78, 5) is 34.0. The monoisotopic (exact) mass is 711 g/mol. The van der Waals surface area contributed by atoms with Crippen molar-refractivity contribution in [2.45, 2.75) is 70.1 Å². The molecule has 2 amide bonds. The second-order valence-electron chi connectivity index (χ2n) is 14.5. The Labute approximate surface area is 300 Å². The summed E-state index contributed by atoms with van der Waals surface area (Å²) in [5, 5.41) is 3.40. The first kappa shape index (κ1) is 37.7. The highest BCUT2D eigenvalue weighted by Gasteiger charge is 2.44. The molecule has 7 nitrogen and oxygen atoms in total. The Morgan fingerprint density at radius 3 is 2.22 bits per heavy atom. The summed E-state index contributed by atoms with van der Waals surface area (Å²) in [6.45, 7) is 10.6. The van der Waals surface area contributed by atoms with E-state index < -0.39 is 44.4 Å². The third-order valence-corrected chi connectivity index (χ3v) is 14.3. The van der Waals surface area contributed by atoms with Crippen LogP contribution in [0.4, 0.5) is 14.5 Å². The SMILES string of the molecule is CN=Cc1cccc(C(Nc2ccc(F)cc2)C(CCC(O[Si](C)(C)C(C)(C)C)c2ccc(F)cc2)C(=O)N2C(=O)COC2c2ccccc2)c1. The fraction of sp³-hybridized carbons (Fsp3) is 0.341. The Bertz CT molecular complexity index is 1810. The van der Waals surface area contributed by atoms with Crippen LogP contribution >= 0.6 is 0 Å². The number of nitrogens with one attached hydrogen (secondary N) is 1. The summed E-state index contributed by atoms with van der Waals surface area (Å²) in [7, 11) is -0.670. The number of benzene rings is 4. The van der Waals surface area contributed by atoms with Crippen LogP contribution in [0.15, 0.2) is 108 Å². The van der Waals surface area contributed by atoms with Gasteiger partial charge >= 0.3 is 0 Å². The Morgan fingerprint density at radius 1 is 0.941 bits per heavy atom. The minimum atomic E-state index is -2.36. The van der Waals surface area contributed by atoms with Gasteiger partial charge in [0.15, 0.2) is 14.5 Å². The number of halogens is 2. The van der Waals surface area contributed by atoms with Gasteiger partial charge in [0, 0.05) is 24.5 Å². The quantitative estimate of drug-likeness (QED) is 0.110. The van der Waals surface area contributed by atoms with E-state index in [0.717, 1.165) is 16.7 Å². The Kier molecular flexibility index (Phi) is 12.0. The number of hydrogen-bond acceptors (Lipinski definition) is 6.